The van der Waals surface area contributed by atoms with E-state index in [0.29, 0.717) is 5.82 Å². The summed E-state index contributed by atoms with van der Waals surface area (Å²) in [7, 11) is 0. The van der Waals surface area contributed by atoms with Crippen LogP contribution in [0.4, 0.5) is 10.6 Å². The molecule has 92 valence electrons. The second-order valence-electron chi connectivity index (χ2n) is 4.38. The maximum atomic E-state index is 11.8. The van der Waals surface area contributed by atoms with E-state index in [0.717, 1.165) is 0 Å². The third-order valence-corrected chi connectivity index (χ3v) is 2.99. The topological polar surface area (TPSA) is 55.3 Å². The number of nitrogens with zero attached hydrogens (tertiary/aromatic N) is 3. The van der Waals surface area contributed by atoms with E-state index in [9.17, 15) is 4.79 Å². The lowest BCUT2D eigenvalue weighted by Gasteiger charge is -2.25. The second kappa shape index (κ2) is 4.49. The van der Waals surface area contributed by atoms with Crippen molar-refractivity contribution in [3.05, 3.63) is 17.5 Å². The van der Waals surface area contributed by atoms with Crippen molar-refractivity contribution in [1.82, 2.24) is 9.97 Å². The van der Waals surface area contributed by atoms with Crippen LogP contribution in [0.5, 0.6) is 0 Å². The van der Waals surface area contributed by atoms with Crippen molar-refractivity contribution < 1.29 is 9.53 Å². The Bertz CT molecular complexity index is 438. The fourth-order valence-electron chi connectivity index (χ4n) is 2.16. The van der Waals surface area contributed by atoms with Crippen LogP contribution in [0.2, 0.25) is 5.28 Å². The van der Waals surface area contributed by atoms with Gasteiger partial charge in [0.25, 0.3) is 0 Å². The Kier molecular flexibility index (Phi) is 3.19. The Morgan fingerprint density at radius 2 is 2.24 bits per heavy atom. The first kappa shape index (κ1) is 12.1. The lowest BCUT2D eigenvalue weighted by Crippen LogP contribution is -2.40. The van der Waals surface area contributed by atoms with Crippen LogP contribution in [0.25, 0.3) is 0 Å². The van der Waals surface area contributed by atoms with Gasteiger partial charge in [0.2, 0.25) is 5.28 Å². The van der Waals surface area contributed by atoms with E-state index < -0.39 is 0 Å². The Balaban J connectivity index is 2.38. The molecule has 1 amide bonds. The van der Waals surface area contributed by atoms with Crippen LogP contribution in [0.15, 0.2) is 12.3 Å². The fraction of sp³-hybridized carbons (Fsp3) is 0.545. The summed E-state index contributed by atoms with van der Waals surface area (Å²) in [4.78, 5) is 21.2. The van der Waals surface area contributed by atoms with E-state index in [4.69, 9.17) is 16.3 Å². The molecule has 1 fully saturated rings. The summed E-state index contributed by atoms with van der Waals surface area (Å²) in [6.07, 6.45) is 0.986. The van der Waals surface area contributed by atoms with Gasteiger partial charge in [-0.25, -0.2) is 14.8 Å². The quantitative estimate of drug-likeness (QED) is 0.762. The minimum atomic E-state index is -0.383. The highest BCUT2D eigenvalue weighted by atomic mass is 35.5. The standard InChI is InChI=1S/C11H14ClN3O2/c1-6(2)9-7(3)17-11(16)15(9)8-4-5-13-10(12)14-8/h4-7,9H,1-3H3/t7-,9+/m1/s1. The highest BCUT2D eigenvalue weighted by molar-refractivity contribution is 6.28. The SMILES string of the molecule is CC(C)[C@H]1[C@@H](C)OC(=O)N1c1ccnc(Cl)n1. The van der Waals surface area contributed by atoms with Crippen molar-refractivity contribution in [2.75, 3.05) is 4.90 Å². The molecule has 1 aliphatic heterocycles. The zero-order chi connectivity index (χ0) is 12.6. The van der Waals surface area contributed by atoms with Crippen molar-refractivity contribution >= 4 is 23.5 Å². The van der Waals surface area contributed by atoms with Gasteiger partial charge in [-0.2, -0.15) is 0 Å². The molecule has 1 saturated heterocycles. The number of ether oxygens (including phenoxy) is 1. The largest absolute Gasteiger partial charge is 0.444 e. The Labute approximate surface area is 105 Å². The van der Waals surface area contributed by atoms with Crippen molar-refractivity contribution in [1.29, 1.82) is 0 Å². The summed E-state index contributed by atoms with van der Waals surface area (Å²) in [5.41, 5.74) is 0. The number of amides is 1. The molecule has 0 spiro atoms. The minimum Gasteiger partial charge on any atom is -0.444 e. The molecule has 2 atom stereocenters. The third-order valence-electron chi connectivity index (χ3n) is 2.80. The second-order valence-corrected chi connectivity index (χ2v) is 4.72. The molecule has 6 heteroatoms. The molecule has 0 saturated carbocycles. The van der Waals surface area contributed by atoms with Gasteiger partial charge in [-0.05, 0) is 30.5 Å². The van der Waals surface area contributed by atoms with Crippen LogP contribution in [0.3, 0.4) is 0 Å². The predicted molar refractivity (Wildman–Crippen MR) is 64.1 cm³/mol. The van der Waals surface area contributed by atoms with Crippen molar-refractivity contribution in [3.63, 3.8) is 0 Å². The molecule has 1 aromatic heterocycles. The number of halogens is 1. The molecule has 2 heterocycles. The number of aromatic nitrogens is 2. The van der Waals surface area contributed by atoms with Crippen LogP contribution in [0, 0.1) is 5.92 Å². The summed E-state index contributed by atoms with van der Waals surface area (Å²) >= 11 is 5.73. The third kappa shape index (κ3) is 2.20. The van der Waals surface area contributed by atoms with Gasteiger partial charge in [-0.3, -0.25) is 4.90 Å². The highest BCUT2D eigenvalue weighted by Gasteiger charge is 2.42. The van der Waals surface area contributed by atoms with Gasteiger partial charge in [0.05, 0.1) is 6.04 Å². The molecule has 0 unspecified atom stereocenters. The zero-order valence-electron chi connectivity index (χ0n) is 9.92. The number of rotatable bonds is 2. The number of carbonyl (C=O) groups is 1. The molecule has 0 aliphatic carbocycles. The van der Waals surface area contributed by atoms with E-state index in [-0.39, 0.29) is 29.4 Å². The van der Waals surface area contributed by atoms with Crippen molar-refractivity contribution in [3.8, 4) is 0 Å². The van der Waals surface area contributed by atoms with E-state index in [2.05, 4.69) is 9.97 Å². The summed E-state index contributed by atoms with van der Waals surface area (Å²) < 4.78 is 5.23. The maximum Gasteiger partial charge on any atom is 0.416 e. The molecular formula is C11H14ClN3O2. The first-order valence-corrected chi connectivity index (χ1v) is 5.87. The van der Waals surface area contributed by atoms with E-state index >= 15 is 0 Å². The molecule has 0 bridgehead atoms. The monoisotopic (exact) mass is 255 g/mol. The van der Waals surface area contributed by atoms with Crippen LogP contribution in [-0.2, 0) is 4.74 Å². The van der Waals surface area contributed by atoms with Gasteiger partial charge >= 0.3 is 6.09 Å². The number of carbonyl (C=O) groups excluding carboxylic acids is 1. The average Bonchev–Trinajstić information content (AvgIpc) is 2.53. The molecule has 5 nitrogen and oxygen atoms in total. The number of cyclic esters (lactones) is 1. The van der Waals surface area contributed by atoms with Gasteiger partial charge in [0.15, 0.2) is 0 Å². The van der Waals surface area contributed by atoms with E-state index in [1.807, 2.05) is 20.8 Å². The number of hydrogen-bond donors (Lipinski definition) is 0. The van der Waals surface area contributed by atoms with Crippen molar-refractivity contribution in [2.45, 2.75) is 32.9 Å². The van der Waals surface area contributed by atoms with Crippen molar-refractivity contribution in [2.24, 2.45) is 5.92 Å². The summed E-state index contributed by atoms with van der Waals surface area (Å²) in [6.45, 7) is 5.96. The van der Waals surface area contributed by atoms with Crippen LogP contribution in [0.1, 0.15) is 20.8 Å². The van der Waals surface area contributed by atoms with Gasteiger partial charge in [0, 0.05) is 6.20 Å². The molecule has 1 aliphatic rings. The normalized spacial score (nSPS) is 24.3. The summed E-state index contributed by atoms with van der Waals surface area (Å²) in [5, 5.41) is 0.123. The lowest BCUT2D eigenvalue weighted by atomic mass is 9.99. The molecule has 0 radical (unpaired) electrons. The Hall–Kier alpha value is -1.36. The van der Waals surface area contributed by atoms with Gasteiger partial charge < -0.3 is 4.74 Å². The molecular weight excluding hydrogens is 242 g/mol. The Morgan fingerprint density at radius 3 is 2.82 bits per heavy atom. The highest BCUT2D eigenvalue weighted by Crippen LogP contribution is 2.29. The molecule has 1 aromatic rings. The first-order chi connectivity index (χ1) is 8.00. The van der Waals surface area contributed by atoms with E-state index in [1.165, 1.54) is 6.20 Å². The average molecular weight is 256 g/mol. The van der Waals surface area contributed by atoms with Gasteiger partial charge in [-0.15, -0.1) is 0 Å². The predicted octanol–water partition coefficient (Wildman–Crippen LogP) is 2.50. The van der Waals surface area contributed by atoms with Crippen LogP contribution >= 0.6 is 11.6 Å². The van der Waals surface area contributed by atoms with Crippen LogP contribution in [-0.4, -0.2) is 28.2 Å². The van der Waals surface area contributed by atoms with E-state index in [1.54, 1.807) is 11.0 Å². The van der Waals surface area contributed by atoms with Gasteiger partial charge in [-0.1, -0.05) is 13.8 Å². The molecule has 0 N–H and O–H groups in total. The lowest BCUT2D eigenvalue weighted by molar-refractivity contribution is 0.136. The molecule has 0 aromatic carbocycles. The zero-order valence-corrected chi connectivity index (χ0v) is 10.7. The minimum absolute atomic E-state index is 0.0338. The fourth-order valence-corrected chi connectivity index (χ4v) is 2.31. The van der Waals surface area contributed by atoms with Gasteiger partial charge in [0.1, 0.15) is 11.9 Å². The maximum absolute atomic E-state index is 11.8. The first-order valence-electron chi connectivity index (χ1n) is 5.49. The molecule has 17 heavy (non-hydrogen) atoms. The Morgan fingerprint density at radius 1 is 1.53 bits per heavy atom. The smallest absolute Gasteiger partial charge is 0.416 e. The summed E-state index contributed by atoms with van der Waals surface area (Å²) in [6, 6.07) is 1.62. The molecule has 2 rings (SSSR count). The number of hydrogen-bond acceptors (Lipinski definition) is 4. The summed E-state index contributed by atoms with van der Waals surface area (Å²) in [5.74, 6) is 0.753. The van der Waals surface area contributed by atoms with Crippen LogP contribution < -0.4 is 4.90 Å². The number of anilines is 1.